The van der Waals surface area contributed by atoms with Gasteiger partial charge in [0.2, 0.25) is 0 Å². The molecule has 0 spiro atoms. The fourth-order valence-corrected chi connectivity index (χ4v) is 2.05. The molecule has 0 atom stereocenters. The lowest BCUT2D eigenvalue weighted by Crippen LogP contribution is -2.17. The smallest absolute Gasteiger partial charge is 0.336 e. The average Bonchev–Trinajstić information content (AvgIpc) is 2.53. The van der Waals surface area contributed by atoms with Crippen molar-refractivity contribution < 1.29 is 19.4 Å². The average molecular weight is 285 g/mol. The van der Waals surface area contributed by atoms with Crippen LogP contribution < -0.4 is 10.1 Å². The van der Waals surface area contributed by atoms with Crippen molar-refractivity contribution in [3.8, 4) is 16.9 Å². The fourth-order valence-electron chi connectivity index (χ4n) is 2.05. The van der Waals surface area contributed by atoms with Gasteiger partial charge in [0.25, 0.3) is 5.91 Å². The van der Waals surface area contributed by atoms with Crippen LogP contribution in [0.25, 0.3) is 11.1 Å². The predicted octanol–water partition coefficient (Wildman–Crippen LogP) is 2.42. The van der Waals surface area contributed by atoms with E-state index in [1.807, 2.05) is 0 Å². The molecule has 0 heterocycles. The molecule has 0 aliphatic carbocycles. The Morgan fingerprint density at radius 3 is 2.52 bits per heavy atom. The molecule has 21 heavy (non-hydrogen) atoms. The summed E-state index contributed by atoms with van der Waals surface area (Å²) in [6.07, 6.45) is 0. The molecule has 0 unspecified atom stereocenters. The van der Waals surface area contributed by atoms with Gasteiger partial charge in [0.05, 0.1) is 12.7 Å². The topological polar surface area (TPSA) is 75.6 Å². The van der Waals surface area contributed by atoms with Crippen molar-refractivity contribution in [1.82, 2.24) is 5.32 Å². The van der Waals surface area contributed by atoms with Crippen molar-refractivity contribution >= 4 is 11.9 Å². The minimum Gasteiger partial charge on any atom is -0.497 e. The monoisotopic (exact) mass is 285 g/mol. The summed E-state index contributed by atoms with van der Waals surface area (Å²) in [6.45, 7) is 0. The van der Waals surface area contributed by atoms with Crippen molar-refractivity contribution in [1.29, 1.82) is 0 Å². The number of ether oxygens (including phenoxy) is 1. The van der Waals surface area contributed by atoms with Gasteiger partial charge in [0.1, 0.15) is 5.75 Å². The first kappa shape index (κ1) is 14.6. The number of benzene rings is 2. The second-order valence-electron chi connectivity index (χ2n) is 4.38. The molecule has 0 radical (unpaired) electrons. The largest absolute Gasteiger partial charge is 0.497 e. The van der Waals surface area contributed by atoms with Crippen LogP contribution in [0.2, 0.25) is 0 Å². The van der Waals surface area contributed by atoms with Crippen LogP contribution in [-0.4, -0.2) is 31.1 Å². The Hall–Kier alpha value is -2.82. The highest BCUT2D eigenvalue weighted by Gasteiger charge is 2.14. The second-order valence-corrected chi connectivity index (χ2v) is 4.38. The van der Waals surface area contributed by atoms with Crippen LogP contribution in [-0.2, 0) is 0 Å². The fraction of sp³-hybridized carbons (Fsp3) is 0.125. The molecule has 2 aromatic carbocycles. The maximum absolute atomic E-state index is 11.7. The Morgan fingerprint density at radius 1 is 1.14 bits per heavy atom. The van der Waals surface area contributed by atoms with E-state index in [0.717, 1.165) is 0 Å². The summed E-state index contributed by atoms with van der Waals surface area (Å²) in [5.74, 6) is -0.796. The molecule has 0 fully saturated rings. The third-order valence-electron chi connectivity index (χ3n) is 3.12. The van der Waals surface area contributed by atoms with Gasteiger partial charge in [-0.2, -0.15) is 0 Å². The standard InChI is InChI=1S/C16H15NO4/c1-17-15(18)11-5-3-4-10(8-11)13-7-6-12(21-2)9-14(13)16(19)20/h3-9H,1-2H3,(H,17,18)(H,19,20). The number of carbonyl (C=O) groups excluding carboxylic acids is 1. The van der Waals surface area contributed by atoms with Crippen molar-refractivity contribution in [2.24, 2.45) is 0 Å². The van der Waals surface area contributed by atoms with E-state index in [-0.39, 0.29) is 11.5 Å². The predicted molar refractivity (Wildman–Crippen MR) is 78.8 cm³/mol. The Labute approximate surface area is 122 Å². The van der Waals surface area contributed by atoms with E-state index in [9.17, 15) is 14.7 Å². The molecule has 2 aromatic rings. The molecule has 2 rings (SSSR count). The number of aromatic carboxylic acids is 1. The Bertz CT molecular complexity index is 694. The number of methoxy groups -OCH3 is 1. The molecular formula is C16H15NO4. The lowest BCUT2D eigenvalue weighted by molar-refractivity contribution is 0.0697. The van der Waals surface area contributed by atoms with Crippen LogP contribution in [0, 0.1) is 0 Å². The molecule has 5 nitrogen and oxygen atoms in total. The van der Waals surface area contributed by atoms with Gasteiger partial charge in [-0.3, -0.25) is 4.79 Å². The first-order chi connectivity index (χ1) is 10.1. The molecule has 108 valence electrons. The van der Waals surface area contributed by atoms with Crippen molar-refractivity contribution in [2.75, 3.05) is 14.2 Å². The molecular weight excluding hydrogens is 270 g/mol. The summed E-state index contributed by atoms with van der Waals surface area (Å²) in [5, 5.41) is 11.9. The van der Waals surface area contributed by atoms with Gasteiger partial charge < -0.3 is 15.2 Å². The van der Waals surface area contributed by atoms with Gasteiger partial charge in [0.15, 0.2) is 0 Å². The number of carbonyl (C=O) groups is 2. The Balaban J connectivity index is 2.56. The normalized spacial score (nSPS) is 10.0. The highest BCUT2D eigenvalue weighted by Crippen LogP contribution is 2.28. The highest BCUT2D eigenvalue weighted by molar-refractivity contribution is 5.99. The van der Waals surface area contributed by atoms with E-state index >= 15 is 0 Å². The van der Waals surface area contributed by atoms with E-state index in [1.165, 1.54) is 13.2 Å². The van der Waals surface area contributed by atoms with Crippen LogP contribution in [0.1, 0.15) is 20.7 Å². The number of nitrogens with one attached hydrogen (secondary N) is 1. The number of carboxylic acids is 1. The first-order valence-electron chi connectivity index (χ1n) is 6.30. The van der Waals surface area contributed by atoms with Crippen LogP contribution in [0.15, 0.2) is 42.5 Å². The molecule has 1 amide bonds. The van der Waals surface area contributed by atoms with Crippen molar-refractivity contribution in [2.45, 2.75) is 0 Å². The number of amides is 1. The van der Waals surface area contributed by atoms with E-state index in [4.69, 9.17) is 4.74 Å². The zero-order valence-corrected chi connectivity index (χ0v) is 11.7. The van der Waals surface area contributed by atoms with Crippen LogP contribution >= 0.6 is 0 Å². The van der Waals surface area contributed by atoms with Gasteiger partial charge in [0, 0.05) is 12.6 Å². The lowest BCUT2D eigenvalue weighted by Gasteiger charge is -2.10. The summed E-state index contributed by atoms with van der Waals surface area (Å²) in [6, 6.07) is 11.6. The second kappa shape index (κ2) is 6.09. The summed E-state index contributed by atoms with van der Waals surface area (Å²) < 4.78 is 5.05. The third-order valence-corrected chi connectivity index (χ3v) is 3.12. The summed E-state index contributed by atoms with van der Waals surface area (Å²) in [5.41, 5.74) is 1.80. The van der Waals surface area contributed by atoms with Gasteiger partial charge >= 0.3 is 5.97 Å². The van der Waals surface area contributed by atoms with Crippen molar-refractivity contribution in [3.63, 3.8) is 0 Å². The van der Waals surface area contributed by atoms with Crippen LogP contribution in [0.4, 0.5) is 0 Å². The number of carboxylic acid groups (broad SMARTS) is 1. The minimum atomic E-state index is -1.05. The van der Waals surface area contributed by atoms with Gasteiger partial charge in [-0.15, -0.1) is 0 Å². The lowest BCUT2D eigenvalue weighted by atomic mass is 9.97. The number of rotatable bonds is 4. The zero-order valence-electron chi connectivity index (χ0n) is 11.7. The van der Waals surface area contributed by atoms with E-state index in [0.29, 0.717) is 22.4 Å². The zero-order chi connectivity index (χ0) is 15.4. The van der Waals surface area contributed by atoms with E-state index in [2.05, 4.69) is 5.32 Å². The maximum atomic E-state index is 11.7. The van der Waals surface area contributed by atoms with Gasteiger partial charge in [-0.05, 0) is 41.5 Å². The quantitative estimate of drug-likeness (QED) is 0.904. The molecule has 0 saturated carbocycles. The van der Waals surface area contributed by atoms with E-state index < -0.39 is 5.97 Å². The Morgan fingerprint density at radius 2 is 1.90 bits per heavy atom. The Kier molecular flexibility index (Phi) is 4.23. The summed E-state index contributed by atoms with van der Waals surface area (Å²) in [7, 11) is 3.03. The number of hydrogen-bond acceptors (Lipinski definition) is 3. The summed E-state index contributed by atoms with van der Waals surface area (Å²) in [4.78, 5) is 23.1. The van der Waals surface area contributed by atoms with Gasteiger partial charge in [-0.25, -0.2) is 4.79 Å². The third kappa shape index (κ3) is 3.02. The SMILES string of the molecule is CNC(=O)c1cccc(-c2ccc(OC)cc2C(=O)O)c1. The molecule has 0 aliphatic heterocycles. The highest BCUT2D eigenvalue weighted by atomic mass is 16.5. The number of hydrogen-bond donors (Lipinski definition) is 2. The molecule has 0 bridgehead atoms. The van der Waals surface area contributed by atoms with Crippen molar-refractivity contribution in [3.05, 3.63) is 53.6 Å². The maximum Gasteiger partial charge on any atom is 0.336 e. The minimum absolute atomic E-state index is 0.128. The molecule has 0 aliphatic rings. The van der Waals surface area contributed by atoms with Crippen LogP contribution in [0.3, 0.4) is 0 Å². The van der Waals surface area contributed by atoms with Crippen LogP contribution in [0.5, 0.6) is 5.75 Å². The molecule has 0 aromatic heterocycles. The molecule has 2 N–H and O–H groups in total. The van der Waals surface area contributed by atoms with Gasteiger partial charge in [-0.1, -0.05) is 12.1 Å². The summed E-state index contributed by atoms with van der Waals surface area (Å²) >= 11 is 0. The molecule has 0 saturated heterocycles. The first-order valence-corrected chi connectivity index (χ1v) is 6.30. The van der Waals surface area contributed by atoms with E-state index in [1.54, 1.807) is 43.4 Å². The molecule has 5 heteroatoms.